The zero-order valence-corrected chi connectivity index (χ0v) is 24.6. The molecule has 44 heavy (non-hydrogen) atoms. The topological polar surface area (TPSA) is 70.5 Å². The summed E-state index contributed by atoms with van der Waals surface area (Å²) >= 11 is 0. The first-order chi connectivity index (χ1) is 20.7. The van der Waals surface area contributed by atoms with Gasteiger partial charge in [-0.15, -0.1) is 0 Å². The number of carbonyl (C=O) groups is 2. The van der Waals surface area contributed by atoms with Gasteiger partial charge in [0, 0.05) is 36.6 Å². The van der Waals surface area contributed by atoms with E-state index in [1.807, 2.05) is 12.1 Å². The van der Waals surface area contributed by atoms with E-state index in [9.17, 15) is 27.9 Å². The minimum atomic E-state index is -5.90. The number of carbonyl (C=O) groups excluding carboxylic acids is 2. The van der Waals surface area contributed by atoms with Crippen molar-refractivity contribution in [3.05, 3.63) is 88.3 Å². The number of ketones is 1. The summed E-state index contributed by atoms with van der Waals surface area (Å²) in [5, 5.41) is 11.4. The summed E-state index contributed by atoms with van der Waals surface area (Å²) in [5.41, 5.74) is -0.286. The van der Waals surface area contributed by atoms with Gasteiger partial charge in [0.1, 0.15) is 5.60 Å². The molecule has 1 aromatic carbocycles. The molecule has 1 aromatic heterocycles. The van der Waals surface area contributed by atoms with Crippen molar-refractivity contribution in [2.45, 2.75) is 82.0 Å². The fraction of sp³-hybridized carbons (Fsp3) is 0.500. The van der Waals surface area contributed by atoms with E-state index < -0.39 is 41.4 Å². The SMILES string of the molecule is CN(Cc1ccccn1)C(=O)c1ccc([C@H]2C[C@@]3(C)C(CC[C@]3(O)C(F)(F)C(F)(F)F)C3CCC4=CC(=O)CCC4=C32)cc1. The first kappa shape index (κ1) is 30.6. The van der Waals surface area contributed by atoms with Gasteiger partial charge in [0.15, 0.2) is 5.78 Å². The number of hydrogen-bond acceptors (Lipinski definition) is 4. The van der Waals surface area contributed by atoms with E-state index in [1.165, 1.54) is 11.8 Å². The Morgan fingerprint density at radius 2 is 1.77 bits per heavy atom. The van der Waals surface area contributed by atoms with Gasteiger partial charge in [-0.3, -0.25) is 14.6 Å². The molecule has 5 nitrogen and oxygen atoms in total. The molecule has 0 saturated heterocycles. The highest BCUT2D eigenvalue weighted by Gasteiger charge is 2.79. The van der Waals surface area contributed by atoms with Crippen LogP contribution in [0.2, 0.25) is 0 Å². The van der Waals surface area contributed by atoms with Gasteiger partial charge in [-0.2, -0.15) is 22.0 Å². The molecule has 0 spiro atoms. The van der Waals surface area contributed by atoms with Crippen molar-refractivity contribution >= 4 is 11.7 Å². The molecular weight excluding hydrogens is 579 g/mol. The molecular formula is C34H35F5N2O3. The number of alkyl halides is 5. The second kappa shape index (κ2) is 10.6. The number of pyridine rings is 1. The highest BCUT2D eigenvalue weighted by atomic mass is 19.4. The van der Waals surface area contributed by atoms with Crippen LogP contribution in [-0.4, -0.2) is 51.4 Å². The monoisotopic (exact) mass is 614 g/mol. The Balaban J connectivity index is 1.40. The Kier molecular flexibility index (Phi) is 7.38. The molecule has 2 saturated carbocycles. The maximum atomic E-state index is 15.2. The van der Waals surface area contributed by atoms with E-state index in [4.69, 9.17) is 0 Å². The highest BCUT2D eigenvalue weighted by molar-refractivity contribution is 5.94. The smallest absolute Gasteiger partial charge is 0.383 e. The van der Waals surface area contributed by atoms with Crippen molar-refractivity contribution in [3.63, 3.8) is 0 Å². The van der Waals surface area contributed by atoms with Crippen LogP contribution in [0.15, 0.2) is 71.5 Å². The fourth-order valence-corrected chi connectivity index (χ4v) is 8.60. The lowest BCUT2D eigenvalue weighted by Crippen LogP contribution is -2.65. The molecule has 1 heterocycles. The van der Waals surface area contributed by atoms with E-state index in [0.29, 0.717) is 43.4 Å². The number of amides is 1. The van der Waals surface area contributed by atoms with E-state index in [2.05, 4.69) is 4.98 Å². The number of halogens is 5. The van der Waals surface area contributed by atoms with Gasteiger partial charge in [0.25, 0.3) is 5.91 Å². The van der Waals surface area contributed by atoms with Crippen LogP contribution in [0.25, 0.3) is 0 Å². The highest BCUT2D eigenvalue weighted by Crippen LogP contribution is 2.70. The van der Waals surface area contributed by atoms with Crippen LogP contribution in [-0.2, 0) is 11.3 Å². The van der Waals surface area contributed by atoms with Gasteiger partial charge in [0.05, 0.1) is 12.2 Å². The lowest BCUT2D eigenvalue weighted by Gasteiger charge is -2.56. The summed E-state index contributed by atoms with van der Waals surface area (Å²) in [6.45, 7) is 1.69. The molecule has 5 atom stereocenters. The van der Waals surface area contributed by atoms with Crippen LogP contribution >= 0.6 is 0 Å². The van der Waals surface area contributed by atoms with E-state index in [-0.39, 0.29) is 30.4 Å². The lowest BCUT2D eigenvalue weighted by molar-refractivity contribution is -0.362. The third-order valence-corrected chi connectivity index (χ3v) is 10.8. The van der Waals surface area contributed by atoms with E-state index in [1.54, 1.807) is 49.7 Å². The van der Waals surface area contributed by atoms with Crippen molar-refractivity contribution in [2.75, 3.05) is 7.05 Å². The lowest BCUT2D eigenvalue weighted by atomic mass is 9.50. The molecule has 4 aliphatic rings. The average molecular weight is 615 g/mol. The molecule has 2 fully saturated rings. The molecule has 2 unspecified atom stereocenters. The zero-order chi connectivity index (χ0) is 31.7. The Labute approximate surface area is 252 Å². The van der Waals surface area contributed by atoms with Crippen molar-refractivity contribution in [1.29, 1.82) is 0 Å². The Hall–Kier alpha value is -3.40. The van der Waals surface area contributed by atoms with Crippen LogP contribution in [0.5, 0.6) is 0 Å². The predicted octanol–water partition coefficient (Wildman–Crippen LogP) is 7.18. The average Bonchev–Trinajstić information content (AvgIpc) is 3.27. The maximum Gasteiger partial charge on any atom is 0.456 e. The molecule has 4 aliphatic carbocycles. The molecule has 6 rings (SSSR count). The number of aromatic nitrogens is 1. The van der Waals surface area contributed by atoms with E-state index >= 15 is 8.78 Å². The first-order valence-electron chi connectivity index (χ1n) is 15.1. The number of hydrogen-bond donors (Lipinski definition) is 1. The minimum absolute atomic E-state index is 0.0257. The quantitative estimate of drug-likeness (QED) is 0.362. The molecule has 0 bridgehead atoms. The van der Waals surface area contributed by atoms with Crippen molar-refractivity contribution in [3.8, 4) is 0 Å². The van der Waals surface area contributed by atoms with Crippen molar-refractivity contribution in [1.82, 2.24) is 9.88 Å². The van der Waals surface area contributed by atoms with Crippen molar-refractivity contribution < 1.29 is 36.6 Å². The predicted molar refractivity (Wildman–Crippen MR) is 153 cm³/mol. The summed E-state index contributed by atoms with van der Waals surface area (Å²) in [4.78, 5) is 31.2. The third-order valence-electron chi connectivity index (χ3n) is 10.8. The third kappa shape index (κ3) is 4.63. The van der Waals surface area contributed by atoms with Gasteiger partial charge >= 0.3 is 12.1 Å². The van der Waals surface area contributed by atoms with Crippen LogP contribution < -0.4 is 0 Å². The second-order valence-electron chi connectivity index (χ2n) is 13.1. The zero-order valence-electron chi connectivity index (χ0n) is 24.6. The molecule has 234 valence electrons. The number of aliphatic hydroxyl groups is 1. The van der Waals surface area contributed by atoms with Gasteiger partial charge in [-0.05, 0) is 97.4 Å². The molecule has 0 aliphatic heterocycles. The number of fused-ring (bicyclic) bond motifs is 4. The Morgan fingerprint density at radius 1 is 1.05 bits per heavy atom. The number of benzene rings is 1. The van der Waals surface area contributed by atoms with Gasteiger partial charge < -0.3 is 10.0 Å². The van der Waals surface area contributed by atoms with Crippen LogP contribution in [0.1, 0.15) is 79.4 Å². The summed E-state index contributed by atoms with van der Waals surface area (Å²) in [5.74, 6) is -6.94. The number of rotatable bonds is 5. The molecule has 10 heteroatoms. The summed E-state index contributed by atoms with van der Waals surface area (Å²) in [6, 6.07) is 12.2. The normalized spacial score (nSPS) is 30.3. The molecule has 1 N–H and O–H groups in total. The Morgan fingerprint density at radius 3 is 2.43 bits per heavy atom. The molecule has 1 amide bonds. The van der Waals surface area contributed by atoms with Crippen molar-refractivity contribution in [2.24, 2.45) is 17.3 Å². The van der Waals surface area contributed by atoms with Gasteiger partial charge in [0.2, 0.25) is 0 Å². The summed E-state index contributed by atoms with van der Waals surface area (Å²) in [7, 11) is 1.66. The summed E-state index contributed by atoms with van der Waals surface area (Å²) < 4.78 is 71.8. The molecule has 0 radical (unpaired) electrons. The van der Waals surface area contributed by atoms with Gasteiger partial charge in [-0.1, -0.05) is 30.7 Å². The van der Waals surface area contributed by atoms with Crippen LogP contribution in [0.3, 0.4) is 0 Å². The summed E-state index contributed by atoms with van der Waals surface area (Å²) in [6.07, 6.45) is -1.45. The maximum absolute atomic E-state index is 15.2. The van der Waals surface area contributed by atoms with Crippen LogP contribution in [0.4, 0.5) is 22.0 Å². The number of nitrogens with zero attached hydrogens (tertiary/aromatic N) is 2. The fourth-order valence-electron chi connectivity index (χ4n) is 8.60. The molecule has 2 aromatic rings. The van der Waals surface area contributed by atoms with Gasteiger partial charge in [-0.25, -0.2) is 0 Å². The first-order valence-corrected chi connectivity index (χ1v) is 15.1. The van der Waals surface area contributed by atoms with Crippen LogP contribution in [0, 0.1) is 17.3 Å². The standard InChI is InChI=1S/C34H35F5N2O3/c1-31-18-27(20-6-8-21(9-7-20)30(43)41(2)19-23-5-3-4-16-40-23)29-25-13-11-24(42)17-22(25)10-12-26(29)28(31)14-15-32(31,44)33(35,36)34(37,38)39/h3-9,16-17,26-28,44H,10-15,18-19H2,1-2H3/t26?,27-,28?,31+,32-/m1/s1. The number of allylic oxidation sites excluding steroid dienone is 4. The second-order valence-corrected chi connectivity index (χ2v) is 13.1. The minimum Gasteiger partial charge on any atom is -0.383 e. The Bertz CT molecular complexity index is 1530. The van der Waals surface area contributed by atoms with E-state index in [0.717, 1.165) is 22.4 Å². The largest absolute Gasteiger partial charge is 0.456 e.